The van der Waals surface area contributed by atoms with Gasteiger partial charge in [-0.3, -0.25) is 0 Å². The molecule has 0 saturated carbocycles. The topological polar surface area (TPSA) is 9.23 Å². The minimum Gasteiger partial charge on any atom is -0.237 e. The summed E-state index contributed by atoms with van der Waals surface area (Å²) in [6.07, 6.45) is 1.81. The van der Waals surface area contributed by atoms with Crippen LogP contribution < -0.4 is 0 Å². The van der Waals surface area contributed by atoms with Crippen molar-refractivity contribution in [2.75, 3.05) is 0 Å². The third-order valence-electron chi connectivity index (χ3n) is 4.67. The molecule has 0 unspecified atom stereocenters. The zero-order valence-corrected chi connectivity index (χ0v) is 17.7. The highest BCUT2D eigenvalue weighted by atomic mass is 32.2. The summed E-state index contributed by atoms with van der Waals surface area (Å²) >= 11 is 2.88. The minimum atomic E-state index is 0.905. The Kier molecular flexibility index (Phi) is 7.08. The van der Waals surface area contributed by atoms with Gasteiger partial charge < -0.3 is 0 Å². The van der Waals surface area contributed by atoms with E-state index >= 15 is 0 Å². The van der Waals surface area contributed by atoms with Crippen LogP contribution >= 0.6 is 24.1 Å². The fourth-order valence-corrected chi connectivity index (χ4v) is 4.67. The maximum atomic E-state index is 6.00. The molecule has 1 nitrogen and oxygen atoms in total. The van der Waals surface area contributed by atoms with E-state index in [-0.39, 0.29) is 0 Å². The lowest BCUT2D eigenvalue weighted by molar-refractivity contribution is 0.753. The highest BCUT2D eigenvalue weighted by molar-refractivity contribution is 8.08. The van der Waals surface area contributed by atoms with E-state index in [1.54, 1.807) is 0 Å². The van der Waals surface area contributed by atoms with Crippen molar-refractivity contribution in [1.82, 2.24) is 0 Å². The molecule has 0 aromatic heterocycles. The maximum absolute atomic E-state index is 6.00. The van der Waals surface area contributed by atoms with E-state index < -0.39 is 0 Å². The summed E-state index contributed by atoms with van der Waals surface area (Å²) in [5.74, 6) is 0. The van der Waals surface area contributed by atoms with Crippen LogP contribution in [0.5, 0.6) is 0 Å². The van der Waals surface area contributed by atoms with Crippen molar-refractivity contribution in [2.24, 2.45) is 0 Å². The summed E-state index contributed by atoms with van der Waals surface area (Å²) in [5, 5.41) is 0. The predicted octanol–water partition coefficient (Wildman–Crippen LogP) is 7.60. The molecule has 144 valence electrons. The van der Waals surface area contributed by atoms with Gasteiger partial charge in [-0.2, -0.15) is 0 Å². The zero-order chi connectivity index (χ0) is 19.7. The Hall–Kier alpha value is -2.46. The van der Waals surface area contributed by atoms with Crippen molar-refractivity contribution in [3.63, 3.8) is 0 Å². The normalized spacial score (nSPS) is 10.8. The average Bonchev–Trinajstić information content (AvgIpc) is 2.78. The molecule has 4 aromatic carbocycles. The third kappa shape index (κ3) is 5.77. The first kappa shape index (κ1) is 19.8. The highest BCUT2D eigenvalue weighted by Crippen LogP contribution is 2.34. The van der Waals surface area contributed by atoms with E-state index in [4.69, 9.17) is 3.63 Å². The van der Waals surface area contributed by atoms with Gasteiger partial charge in [0, 0.05) is 33.9 Å². The van der Waals surface area contributed by atoms with Crippen LogP contribution in [0.15, 0.2) is 119 Å². The molecule has 0 saturated heterocycles. The molecule has 0 aliphatic carbocycles. The Labute approximate surface area is 181 Å². The Morgan fingerprint density at radius 1 is 0.448 bits per heavy atom. The monoisotopic (exact) mass is 414 g/mol. The SMILES string of the molecule is c1ccc(Cc2ccccc2SOSc2ccccc2Cc2ccccc2)cc1. The smallest absolute Gasteiger partial charge is 0.0450 e. The summed E-state index contributed by atoms with van der Waals surface area (Å²) in [6.45, 7) is 0. The Balaban J connectivity index is 1.41. The first-order valence-corrected chi connectivity index (χ1v) is 11.1. The molecule has 0 fully saturated rings. The number of rotatable bonds is 8. The molecule has 4 rings (SSSR count). The lowest BCUT2D eigenvalue weighted by Crippen LogP contribution is -1.92. The lowest BCUT2D eigenvalue weighted by Gasteiger charge is -2.10. The van der Waals surface area contributed by atoms with E-state index in [2.05, 4.69) is 109 Å². The van der Waals surface area contributed by atoms with Gasteiger partial charge in [-0.15, -0.1) is 0 Å². The summed E-state index contributed by atoms with van der Waals surface area (Å²) < 4.78 is 6.00. The molecule has 4 aromatic rings. The number of benzene rings is 4. The summed E-state index contributed by atoms with van der Waals surface area (Å²) in [5.41, 5.74) is 5.17. The van der Waals surface area contributed by atoms with Crippen molar-refractivity contribution in [3.8, 4) is 0 Å². The van der Waals surface area contributed by atoms with Gasteiger partial charge in [0.2, 0.25) is 0 Å². The predicted molar refractivity (Wildman–Crippen MR) is 124 cm³/mol. The van der Waals surface area contributed by atoms with Crippen molar-refractivity contribution < 1.29 is 3.63 Å². The molecule has 0 heterocycles. The molecule has 0 radical (unpaired) electrons. The van der Waals surface area contributed by atoms with Gasteiger partial charge in [0.1, 0.15) is 0 Å². The quantitative estimate of drug-likeness (QED) is 0.275. The largest absolute Gasteiger partial charge is 0.237 e. The second-order valence-corrected chi connectivity index (χ2v) is 8.53. The van der Waals surface area contributed by atoms with Crippen LogP contribution in [0.2, 0.25) is 0 Å². The summed E-state index contributed by atoms with van der Waals surface area (Å²) in [4.78, 5) is 2.31. The average molecular weight is 415 g/mol. The molecule has 0 aliphatic rings. The fourth-order valence-electron chi connectivity index (χ4n) is 3.18. The fraction of sp³-hybridized carbons (Fsp3) is 0.0769. The van der Waals surface area contributed by atoms with Crippen LogP contribution in [0, 0.1) is 0 Å². The van der Waals surface area contributed by atoms with Crippen molar-refractivity contribution in [2.45, 2.75) is 22.6 Å². The van der Waals surface area contributed by atoms with Gasteiger partial charge in [-0.1, -0.05) is 97.1 Å². The lowest BCUT2D eigenvalue weighted by atomic mass is 10.1. The first-order valence-electron chi connectivity index (χ1n) is 9.63. The second-order valence-electron chi connectivity index (χ2n) is 6.77. The standard InChI is InChI=1S/C26H22OS2/c1-3-11-21(12-4-1)19-23-15-7-9-17-25(23)28-27-29-26-18-10-8-16-24(26)20-22-13-5-2-6-14-22/h1-18H,19-20H2. The third-order valence-corrected chi connectivity index (χ3v) is 6.37. The van der Waals surface area contributed by atoms with Gasteiger partial charge in [0.15, 0.2) is 0 Å². The first-order chi connectivity index (χ1) is 14.4. The van der Waals surface area contributed by atoms with Crippen molar-refractivity contribution in [1.29, 1.82) is 0 Å². The van der Waals surface area contributed by atoms with Crippen LogP contribution in [0.25, 0.3) is 0 Å². The van der Waals surface area contributed by atoms with Crippen LogP contribution in [0.4, 0.5) is 0 Å². The van der Waals surface area contributed by atoms with E-state index in [0.29, 0.717) is 0 Å². The second kappa shape index (κ2) is 10.4. The van der Waals surface area contributed by atoms with Gasteiger partial charge in [0.05, 0.1) is 0 Å². The molecular weight excluding hydrogens is 392 g/mol. The molecule has 0 bridgehead atoms. The van der Waals surface area contributed by atoms with Crippen LogP contribution in [-0.2, 0) is 16.5 Å². The summed E-state index contributed by atoms with van der Waals surface area (Å²) in [7, 11) is 0. The Morgan fingerprint density at radius 2 is 0.828 bits per heavy atom. The molecule has 0 atom stereocenters. The molecule has 3 heteroatoms. The number of hydrogen-bond donors (Lipinski definition) is 0. The van der Waals surface area contributed by atoms with Gasteiger partial charge in [-0.25, -0.2) is 3.63 Å². The Bertz CT molecular complexity index is 948. The Morgan fingerprint density at radius 3 is 1.28 bits per heavy atom. The van der Waals surface area contributed by atoms with Crippen LogP contribution in [0.1, 0.15) is 22.3 Å². The molecular formula is C26H22OS2. The maximum Gasteiger partial charge on any atom is 0.0450 e. The molecule has 0 N–H and O–H groups in total. The van der Waals surface area contributed by atoms with Crippen LogP contribution in [0.3, 0.4) is 0 Å². The van der Waals surface area contributed by atoms with E-state index in [0.717, 1.165) is 22.6 Å². The van der Waals surface area contributed by atoms with Crippen LogP contribution in [-0.4, -0.2) is 0 Å². The van der Waals surface area contributed by atoms with Gasteiger partial charge >= 0.3 is 0 Å². The molecule has 0 aliphatic heterocycles. The zero-order valence-electron chi connectivity index (χ0n) is 16.0. The van der Waals surface area contributed by atoms with Crippen molar-refractivity contribution >= 4 is 24.1 Å². The summed E-state index contributed by atoms with van der Waals surface area (Å²) in [6, 6.07) is 38.0. The van der Waals surface area contributed by atoms with Crippen molar-refractivity contribution in [3.05, 3.63) is 131 Å². The van der Waals surface area contributed by atoms with E-state index in [9.17, 15) is 0 Å². The molecule has 29 heavy (non-hydrogen) atoms. The molecule has 0 spiro atoms. The van der Waals surface area contributed by atoms with E-state index in [1.807, 2.05) is 0 Å². The minimum absolute atomic E-state index is 0.905. The van der Waals surface area contributed by atoms with Gasteiger partial charge in [-0.05, 0) is 47.2 Å². The highest BCUT2D eigenvalue weighted by Gasteiger charge is 2.08. The molecule has 0 amide bonds. The van der Waals surface area contributed by atoms with Gasteiger partial charge in [0.25, 0.3) is 0 Å². The number of hydrogen-bond acceptors (Lipinski definition) is 3. The van der Waals surface area contributed by atoms with E-state index in [1.165, 1.54) is 46.3 Å².